The SMILES string of the molecule is CC(O)[C@H](NC(=O)[C@H](C)NC(=O)[C@H](C)NC(=O)[C@H](CCC(=O)O)NC(=O)[C@H](CO)NC(=O)[C@@H](NC(=O)[C@H](C)NC(=O)[C@@H](N)CC(=O)O)C(C)O)C(=O)NCC(=O)N1CCC[C@H]1C(=O)N[C@@H](CO)C(=O)N[C@@H](CC(=O)O)C(=O)O. The summed E-state index contributed by atoms with van der Waals surface area (Å²) in [5.74, 6) is -18.4. The molecule has 438 valence electrons. The predicted octanol–water partition coefficient (Wildman–Crippen LogP) is -10.5. The third-order valence-electron chi connectivity index (χ3n) is 11.3. The number of aliphatic hydroxyl groups excluding tert-OH is 4. The zero-order valence-corrected chi connectivity index (χ0v) is 42.8. The first kappa shape index (κ1) is 67.9. The van der Waals surface area contributed by atoms with Gasteiger partial charge < -0.3 is 105 Å². The molecule has 0 aromatic rings. The molecule has 1 aliphatic rings. The van der Waals surface area contributed by atoms with E-state index in [1.807, 2.05) is 10.6 Å². The summed E-state index contributed by atoms with van der Waals surface area (Å²) >= 11 is 0. The Kier molecular flexibility index (Phi) is 28.2. The number of amides is 11. The van der Waals surface area contributed by atoms with Crippen LogP contribution in [-0.2, 0) is 71.9 Å². The number of carbonyl (C=O) groups is 15. The van der Waals surface area contributed by atoms with Crippen LogP contribution in [0.15, 0.2) is 0 Å². The molecule has 35 heteroatoms. The zero-order valence-electron chi connectivity index (χ0n) is 42.8. The van der Waals surface area contributed by atoms with Gasteiger partial charge in [-0.1, -0.05) is 0 Å². The minimum atomic E-state index is -1.93. The minimum Gasteiger partial charge on any atom is -0.481 e. The summed E-state index contributed by atoms with van der Waals surface area (Å²) in [6, 6.07) is -18.3. The van der Waals surface area contributed by atoms with E-state index < -0.39 is 213 Å². The highest BCUT2D eigenvalue weighted by Gasteiger charge is 2.38. The molecule has 0 spiro atoms. The summed E-state index contributed by atoms with van der Waals surface area (Å²) in [5.41, 5.74) is 5.47. The quantitative estimate of drug-likeness (QED) is 0.0290. The molecule has 20 N–H and O–H groups in total. The molecule has 0 saturated carbocycles. The van der Waals surface area contributed by atoms with Crippen molar-refractivity contribution in [3.63, 3.8) is 0 Å². The van der Waals surface area contributed by atoms with Gasteiger partial charge in [0.2, 0.25) is 65.0 Å². The topological polar surface area (TPSA) is 567 Å². The summed E-state index contributed by atoms with van der Waals surface area (Å²) < 4.78 is 0. The van der Waals surface area contributed by atoms with E-state index in [4.69, 9.17) is 15.9 Å². The maximum Gasteiger partial charge on any atom is 0.326 e. The van der Waals surface area contributed by atoms with Crippen molar-refractivity contribution in [2.75, 3.05) is 26.3 Å². The van der Waals surface area contributed by atoms with Gasteiger partial charge in [0.15, 0.2) is 0 Å². The fourth-order valence-electron chi connectivity index (χ4n) is 6.90. The van der Waals surface area contributed by atoms with Crippen LogP contribution in [-0.4, -0.2) is 240 Å². The predicted molar refractivity (Wildman–Crippen MR) is 257 cm³/mol. The van der Waals surface area contributed by atoms with Crippen LogP contribution in [0.1, 0.15) is 73.1 Å². The van der Waals surface area contributed by atoms with Gasteiger partial charge in [0.25, 0.3) is 0 Å². The minimum absolute atomic E-state index is 0.0310. The molecular weight excluding hydrogens is 1050 g/mol. The maximum absolute atomic E-state index is 13.4. The van der Waals surface area contributed by atoms with Crippen LogP contribution in [0.3, 0.4) is 0 Å². The van der Waals surface area contributed by atoms with Gasteiger partial charge in [0, 0.05) is 13.0 Å². The number of likely N-dealkylation sites (tertiary alicyclic amines) is 1. The fourth-order valence-corrected chi connectivity index (χ4v) is 6.90. The first-order chi connectivity index (χ1) is 36.3. The molecule has 0 aromatic heterocycles. The van der Waals surface area contributed by atoms with E-state index in [0.29, 0.717) is 0 Å². The second-order valence-electron chi connectivity index (χ2n) is 17.8. The Hall–Kier alpha value is -8.15. The van der Waals surface area contributed by atoms with Crippen molar-refractivity contribution in [2.45, 2.75) is 152 Å². The lowest BCUT2D eigenvalue weighted by atomic mass is 10.1. The average Bonchev–Trinajstić information content (AvgIpc) is 3.85. The molecule has 1 heterocycles. The molecule has 78 heavy (non-hydrogen) atoms. The molecule has 0 radical (unpaired) electrons. The Morgan fingerprint density at radius 2 is 0.923 bits per heavy atom. The van der Waals surface area contributed by atoms with Crippen LogP contribution in [0, 0.1) is 0 Å². The van der Waals surface area contributed by atoms with Crippen LogP contribution >= 0.6 is 0 Å². The van der Waals surface area contributed by atoms with Gasteiger partial charge in [-0.25, -0.2) is 4.79 Å². The number of nitrogens with two attached hydrogens (primary N) is 1. The highest BCUT2D eigenvalue weighted by molar-refractivity contribution is 5.99. The lowest BCUT2D eigenvalue weighted by Gasteiger charge is -2.27. The number of carboxylic acids is 4. The monoisotopic (exact) mass is 1120 g/mol. The summed E-state index contributed by atoms with van der Waals surface area (Å²) in [6.07, 6.45) is -6.23. The molecule has 1 fully saturated rings. The molecular formula is C43H68N12O23. The molecule has 0 aliphatic carbocycles. The lowest BCUT2D eigenvalue weighted by Crippen LogP contribution is -2.62. The number of carbonyl (C=O) groups excluding carboxylic acids is 11. The van der Waals surface area contributed by atoms with E-state index in [0.717, 1.165) is 39.5 Å². The van der Waals surface area contributed by atoms with Crippen molar-refractivity contribution < 1.29 is 113 Å². The molecule has 0 bridgehead atoms. The molecule has 13 atom stereocenters. The number of nitrogens with zero attached hydrogens (tertiary/aromatic N) is 1. The highest BCUT2D eigenvalue weighted by Crippen LogP contribution is 2.18. The standard InChI is InChI=1S/C43H68N12O23/c1-16(48-37(71)22(8-9-28(61)62)49-38(72)25(15-57)52-42(76)32(20(5)59)54-35(69)18(3)47-36(70)21(44)11-29(63)64)33(67)46-17(2)34(68)53-31(19(4)58)41(75)45-13-27(60)55-10-6-7-26(55)40(74)51-24(14-56)39(73)50-23(43(77)78)12-30(65)66/h16-26,31-32,56-59H,6-15,44H2,1-5H3,(H,45,75)(H,46,67)(H,47,70)(H,48,71)(H,49,72)(H,50,73)(H,51,74)(H,52,76)(H,53,68)(H,54,69)(H,61,62)(H,63,64)(H,65,66)(H,77,78)/t16-,17-,18-,19?,20?,21-,22-,23-,24-,25-,26-,31-,32-/m0/s1. The van der Waals surface area contributed by atoms with Gasteiger partial charge in [0.1, 0.15) is 60.4 Å². The summed E-state index contributed by atoms with van der Waals surface area (Å²) in [7, 11) is 0. The maximum atomic E-state index is 13.4. The molecule has 1 rings (SSSR count). The van der Waals surface area contributed by atoms with Crippen molar-refractivity contribution in [1.82, 2.24) is 58.1 Å². The van der Waals surface area contributed by atoms with Crippen LogP contribution in [0.4, 0.5) is 0 Å². The van der Waals surface area contributed by atoms with Crippen molar-refractivity contribution in [3.05, 3.63) is 0 Å². The fraction of sp³-hybridized carbons (Fsp3) is 0.651. The Morgan fingerprint density at radius 3 is 1.38 bits per heavy atom. The highest BCUT2D eigenvalue weighted by atomic mass is 16.4. The van der Waals surface area contributed by atoms with E-state index in [9.17, 15) is 103 Å². The smallest absolute Gasteiger partial charge is 0.326 e. The van der Waals surface area contributed by atoms with Crippen LogP contribution in [0.2, 0.25) is 0 Å². The van der Waals surface area contributed by atoms with Crippen LogP contribution in [0.25, 0.3) is 0 Å². The van der Waals surface area contributed by atoms with Gasteiger partial charge >= 0.3 is 23.9 Å². The van der Waals surface area contributed by atoms with Gasteiger partial charge in [-0.3, -0.25) is 67.1 Å². The first-order valence-electron chi connectivity index (χ1n) is 23.8. The molecule has 1 aliphatic heterocycles. The third-order valence-corrected chi connectivity index (χ3v) is 11.3. The molecule has 2 unspecified atom stereocenters. The van der Waals surface area contributed by atoms with Gasteiger partial charge in [0.05, 0.1) is 50.8 Å². The number of rotatable bonds is 33. The van der Waals surface area contributed by atoms with Gasteiger partial charge in [-0.2, -0.15) is 0 Å². The van der Waals surface area contributed by atoms with E-state index in [1.165, 1.54) is 0 Å². The average molecular weight is 1120 g/mol. The molecule has 11 amide bonds. The number of hydrogen-bond acceptors (Lipinski definition) is 20. The van der Waals surface area contributed by atoms with E-state index in [2.05, 4.69) is 42.5 Å². The molecule has 35 nitrogen and oxygen atoms in total. The van der Waals surface area contributed by atoms with Gasteiger partial charge in [-0.05, 0) is 53.9 Å². The van der Waals surface area contributed by atoms with E-state index >= 15 is 0 Å². The van der Waals surface area contributed by atoms with Crippen molar-refractivity contribution >= 4 is 88.9 Å². The Morgan fingerprint density at radius 1 is 0.500 bits per heavy atom. The summed E-state index contributed by atoms with van der Waals surface area (Å²) in [4.78, 5) is 189. The van der Waals surface area contributed by atoms with Crippen molar-refractivity contribution in [1.29, 1.82) is 0 Å². The largest absolute Gasteiger partial charge is 0.481 e. The number of aliphatic hydroxyl groups is 4. The molecule has 0 aromatic carbocycles. The van der Waals surface area contributed by atoms with Crippen LogP contribution in [0.5, 0.6) is 0 Å². The Bertz CT molecular complexity index is 2250. The first-order valence-corrected chi connectivity index (χ1v) is 23.8. The lowest BCUT2D eigenvalue weighted by molar-refractivity contribution is -0.147. The van der Waals surface area contributed by atoms with Gasteiger partial charge in [-0.15, -0.1) is 0 Å². The molecule has 1 saturated heterocycles. The van der Waals surface area contributed by atoms with E-state index in [-0.39, 0.29) is 19.4 Å². The second-order valence-corrected chi connectivity index (χ2v) is 17.8. The van der Waals surface area contributed by atoms with E-state index in [1.54, 1.807) is 0 Å². The van der Waals surface area contributed by atoms with Crippen LogP contribution < -0.4 is 58.9 Å². The number of nitrogens with one attached hydrogen (secondary N) is 10. The zero-order chi connectivity index (χ0) is 59.9. The number of carboxylic acid groups (broad SMARTS) is 4. The third kappa shape index (κ3) is 22.6. The van der Waals surface area contributed by atoms with Crippen molar-refractivity contribution in [3.8, 4) is 0 Å². The number of aliphatic carboxylic acids is 4. The normalized spacial score (nSPS) is 17.5. The number of hydrogen-bond donors (Lipinski definition) is 19. The van der Waals surface area contributed by atoms with Crippen molar-refractivity contribution in [2.24, 2.45) is 5.73 Å². The summed E-state index contributed by atoms with van der Waals surface area (Å²) in [5, 5.41) is 97.8. The Labute approximate surface area is 442 Å². The second kappa shape index (κ2) is 32.4. The summed E-state index contributed by atoms with van der Waals surface area (Å²) in [6.45, 7) is 2.42. The Balaban J connectivity index is 2.96.